The lowest BCUT2D eigenvalue weighted by Crippen LogP contribution is -2.37. The fraction of sp³-hybridized carbons (Fsp3) is 0.300. The minimum Gasteiger partial charge on any atom is -0.405 e. The van der Waals surface area contributed by atoms with Crippen LogP contribution in [0.25, 0.3) is 0 Å². The zero-order chi connectivity index (χ0) is 21.3. The quantitative estimate of drug-likeness (QED) is 0.286. The summed E-state index contributed by atoms with van der Waals surface area (Å²) in [6.45, 7) is 2.84. The molecule has 10 heteroatoms. The van der Waals surface area contributed by atoms with Gasteiger partial charge >= 0.3 is 6.36 Å². The topological polar surface area (TPSA) is 74.8 Å². The first kappa shape index (κ1) is 25.5. The second-order valence-corrected chi connectivity index (χ2v) is 5.98. The van der Waals surface area contributed by atoms with Gasteiger partial charge in [-0.3, -0.25) is 4.79 Å². The zero-order valence-corrected chi connectivity index (χ0v) is 18.9. The summed E-state index contributed by atoms with van der Waals surface area (Å²) in [6.07, 6.45) is -4.76. The average Bonchev–Trinajstić information content (AvgIpc) is 2.69. The van der Waals surface area contributed by atoms with E-state index in [1.165, 1.54) is 12.1 Å². The number of para-hydroxylation sites is 1. The maximum absolute atomic E-state index is 12.6. The van der Waals surface area contributed by atoms with Crippen LogP contribution in [0.5, 0.6) is 5.75 Å². The van der Waals surface area contributed by atoms with Crippen molar-refractivity contribution in [2.45, 2.75) is 26.4 Å². The molecule has 3 N–H and O–H groups in total. The van der Waals surface area contributed by atoms with Gasteiger partial charge < -0.3 is 20.7 Å². The van der Waals surface area contributed by atoms with Crippen molar-refractivity contribution in [3.05, 3.63) is 65.2 Å². The fourth-order valence-corrected chi connectivity index (χ4v) is 2.52. The number of alkyl halides is 3. The number of ether oxygens (including phenoxy) is 1. The molecule has 2 rings (SSSR count). The minimum absolute atomic E-state index is 0. The molecule has 30 heavy (non-hydrogen) atoms. The first-order valence-corrected chi connectivity index (χ1v) is 8.99. The van der Waals surface area contributed by atoms with Gasteiger partial charge in [0, 0.05) is 31.3 Å². The molecule has 2 aromatic rings. The number of amides is 1. The normalized spacial score (nSPS) is 11.3. The van der Waals surface area contributed by atoms with Crippen LogP contribution in [0.1, 0.15) is 28.4 Å². The van der Waals surface area contributed by atoms with E-state index in [2.05, 4.69) is 25.7 Å². The highest BCUT2D eigenvalue weighted by molar-refractivity contribution is 14.0. The van der Waals surface area contributed by atoms with Gasteiger partial charge in [0.05, 0.1) is 6.54 Å². The van der Waals surface area contributed by atoms with Crippen molar-refractivity contribution in [3.63, 3.8) is 0 Å². The third-order valence-electron chi connectivity index (χ3n) is 3.82. The lowest BCUT2D eigenvalue weighted by Gasteiger charge is -2.15. The summed E-state index contributed by atoms with van der Waals surface area (Å²) in [6, 6.07) is 13.0. The summed E-state index contributed by atoms with van der Waals surface area (Å²) in [4.78, 5) is 16.2. The Morgan fingerprint density at radius 1 is 1.10 bits per heavy atom. The van der Waals surface area contributed by atoms with E-state index in [1.807, 2.05) is 13.0 Å². The van der Waals surface area contributed by atoms with E-state index >= 15 is 0 Å². The largest absolute Gasteiger partial charge is 0.573 e. The Hall–Kier alpha value is -2.50. The van der Waals surface area contributed by atoms with Gasteiger partial charge in [-0.25, -0.2) is 4.99 Å². The van der Waals surface area contributed by atoms with Gasteiger partial charge in [0.1, 0.15) is 5.75 Å². The molecule has 0 aliphatic rings. The van der Waals surface area contributed by atoms with Crippen molar-refractivity contribution in [1.82, 2.24) is 16.0 Å². The Bertz CT molecular complexity index is 860. The molecule has 0 aliphatic heterocycles. The molecule has 1 amide bonds. The Balaban J connectivity index is 0.00000450. The Kier molecular flexibility index (Phi) is 10.4. The summed E-state index contributed by atoms with van der Waals surface area (Å²) in [5, 5.41) is 8.59. The van der Waals surface area contributed by atoms with E-state index in [0.717, 1.165) is 5.56 Å². The zero-order valence-electron chi connectivity index (χ0n) is 16.5. The molecule has 0 bridgehead atoms. The Morgan fingerprint density at radius 2 is 1.83 bits per heavy atom. The highest BCUT2D eigenvalue weighted by Gasteiger charge is 2.31. The standard InChI is InChI=1S/C20H23F3N4O2.HI/c1-3-25-19(26-12-14-7-6-9-15(11-14)18(28)24-2)27-13-16-8-4-5-10-17(16)29-20(21,22)23;/h4-11H,3,12-13H2,1-2H3,(H,24,28)(H2,25,26,27);1H. The van der Waals surface area contributed by atoms with E-state index in [-0.39, 0.29) is 42.2 Å². The predicted molar refractivity (Wildman–Crippen MR) is 120 cm³/mol. The first-order chi connectivity index (χ1) is 13.8. The van der Waals surface area contributed by atoms with Crippen LogP contribution in [0.4, 0.5) is 13.2 Å². The number of nitrogens with one attached hydrogen (secondary N) is 3. The van der Waals surface area contributed by atoms with E-state index in [4.69, 9.17) is 0 Å². The Morgan fingerprint density at radius 3 is 2.50 bits per heavy atom. The van der Waals surface area contributed by atoms with Gasteiger partial charge in [0.25, 0.3) is 5.91 Å². The molecule has 2 aromatic carbocycles. The maximum Gasteiger partial charge on any atom is 0.573 e. The molecule has 0 fully saturated rings. The van der Waals surface area contributed by atoms with Crippen LogP contribution in [-0.2, 0) is 13.1 Å². The van der Waals surface area contributed by atoms with Crippen LogP contribution in [0.15, 0.2) is 53.5 Å². The molecule has 0 heterocycles. The Labute approximate surface area is 190 Å². The lowest BCUT2D eigenvalue weighted by atomic mass is 10.1. The van der Waals surface area contributed by atoms with E-state index in [0.29, 0.717) is 30.2 Å². The van der Waals surface area contributed by atoms with Gasteiger partial charge in [-0.2, -0.15) is 0 Å². The number of carbonyl (C=O) groups is 1. The molecule has 0 atom stereocenters. The number of guanidine groups is 1. The van der Waals surface area contributed by atoms with Crippen molar-refractivity contribution in [1.29, 1.82) is 0 Å². The van der Waals surface area contributed by atoms with E-state index in [1.54, 1.807) is 37.4 Å². The molecule has 0 unspecified atom stereocenters. The fourth-order valence-electron chi connectivity index (χ4n) is 2.52. The molecule has 0 radical (unpaired) electrons. The van der Waals surface area contributed by atoms with Crippen molar-refractivity contribution in [2.24, 2.45) is 4.99 Å². The van der Waals surface area contributed by atoms with Crippen molar-refractivity contribution in [3.8, 4) is 5.75 Å². The molecule has 0 aliphatic carbocycles. The minimum atomic E-state index is -4.76. The van der Waals surface area contributed by atoms with Crippen LogP contribution in [0.2, 0.25) is 0 Å². The van der Waals surface area contributed by atoms with Gasteiger partial charge in [0.15, 0.2) is 5.96 Å². The number of rotatable bonds is 7. The summed E-state index contributed by atoms with van der Waals surface area (Å²) in [7, 11) is 1.56. The predicted octanol–water partition coefficient (Wildman–Crippen LogP) is 3.82. The van der Waals surface area contributed by atoms with E-state index in [9.17, 15) is 18.0 Å². The molecular formula is C20H24F3IN4O2. The number of nitrogens with zero attached hydrogens (tertiary/aromatic N) is 1. The number of halogens is 4. The molecular weight excluding hydrogens is 512 g/mol. The molecule has 164 valence electrons. The third kappa shape index (κ3) is 8.47. The highest BCUT2D eigenvalue weighted by atomic mass is 127. The van der Waals surface area contributed by atoms with Crippen LogP contribution in [-0.4, -0.2) is 31.8 Å². The summed E-state index contributed by atoms with van der Waals surface area (Å²) >= 11 is 0. The van der Waals surface area contributed by atoms with Crippen LogP contribution < -0.4 is 20.7 Å². The van der Waals surface area contributed by atoms with Crippen molar-refractivity contribution in [2.75, 3.05) is 13.6 Å². The van der Waals surface area contributed by atoms with Crippen molar-refractivity contribution < 1.29 is 22.7 Å². The van der Waals surface area contributed by atoms with Crippen LogP contribution >= 0.6 is 24.0 Å². The van der Waals surface area contributed by atoms with Gasteiger partial charge in [-0.05, 0) is 30.7 Å². The number of carbonyl (C=O) groups excluding carboxylic acids is 1. The number of hydrogen-bond donors (Lipinski definition) is 3. The molecule has 0 aromatic heterocycles. The van der Waals surface area contributed by atoms with Gasteiger partial charge in [-0.1, -0.05) is 30.3 Å². The van der Waals surface area contributed by atoms with Crippen LogP contribution in [0, 0.1) is 0 Å². The second kappa shape index (κ2) is 12.3. The molecule has 0 saturated carbocycles. The maximum atomic E-state index is 12.6. The number of benzene rings is 2. The highest BCUT2D eigenvalue weighted by Crippen LogP contribution is 2.26. The summed E-state index contributed by atoms with van der Waals surface area (Å²) in [5.74, 6) is -0.0246. The second-order valence-electron chi connectivity index (χ2n) is 5.98. The van der Waals surface area contributed by atoms with Crippen molar-refractivity contribution >= 4 is 35.8 Å². The monoisotopic (exact) mass is 536 g/mol. The lowest BCUT2D eigenvalue weighted by molar-refractivity contribution is -0.274. The van der Waals surface area contributed by atoms with Gasteiger partial charge in [0.2, 0.25) is 0 Å². The smallest absolute Gasteiger partial charge is 0.405 e. The number of hydrogen-bond acceptors (Lipinski definition) is 3. The molecule has 0 spiro atoms. The first-order valence-electron chi connectivity index (χ1n) is 8.99. The number of aliphatic imine (C=N–C) groups is 1. The summed E-state index contributed by atoms with van der Waals surface area (Å²) < 4.78 is 41.7. The van der Waals surface area contributed by atoms with E-state index < -0.39 is 6.36 Å². The van der Waals surface area contributed by atoms with Gasteiger partial charge in [-0.15, -0.1) is 37.1 Å². The third-order valence-corrected chi connectivity index (χ3v) is 3.82. The van der Waals surface area contributed by atoms with Crippen LogP contribution in [0.3, 0.4) is 0 Å². The molecule has 6 nitrogen and oxygen atoms in total. The molecule has 0 saturated heterocycles. The summed E-state index contributed by atoms with van der Waals surface area (Å²) in [5.41, 5.74) is 1.69. The average molecular weight is 536 g/mol. The SMILES string of the molecule is CCNC(=NCc1cccc(C(=O)NC)c1)NCc1ccccc1OC(F)(F)F.I.